The summed E-state index contributed by atoms with van der Waals surface area (Å²) in [5, 5.41) is 34.7. The van der Waals surface area contributed by atoms with Gasteiger partial charge in [-0.3, -0.25) is 14.4 Å². The molecule has 1 saturated heterocycles. The number of carbonyl (C=O) groups excluding carboxylic acids is 4. The first-order chi connectivity index (χ1) is 28.2. The SMILES string of the molecule is CC(C)(C)OC(=O)NCC1CCC(C(=O)N[C@@H](Cc2ccc(-c3cccc(C(=O)NC4CCN(C(=O)O)CC4)c3F)cc2)C(=O)Nc2ccc(-c3nn[nH]n3)cc2)CC1. The number of anilines is 1. The van der Waals surface area contributed by atoms with Crippen LogP contribution in [0.5, 0.6) is 0 Å². The molecule has 2 aliphatic rings. The second-order valence-electron chi connectivity index (χ2n) is 16.0. The number of hydrogen-bond acceptors (Lipinski definition) is 9. The molecule has 1 aliphatic heterocycles. The molecule has 0 spiro atoms. The highest BCUT2D eigenvalue weighted by atomic mass is 19.1. The summed E-state index contributed by atoms with van der Waals surface area (Å²) < 4.78 is 21.2. The molecule has 2 fully saturated rings. The normalized spacial score (nSPS) is 17.7. The number of likely N-dealkylation sites (tertiary alicyclic amines) is 1. The smallest absolute Gasteiger partial charge is 0.407 e. The van der Waals surface area contributed by atoms with Gasteiger partial charge in [-0.1, -0.05) is 36.4 Å². The highest BCUT2D eigenvalue weighted by Crippen LogP contribution is 2.30. The quantitative estimate of drug-likeness (QED) is 0.105. The number of carbonyl (C=O) groups is 5. The van der Waals surface area contributed by atoms with Gasteiger partial charge >= 0.3 is 12.2 Å². The van der Waals surface area contributed by atoms with Gasteiger partial charge in [0.2, 0.25) is 17.6 Å². The van der Waals surface area contributed by atoms with Gasteiger partial charge in [0, 0.05) is 54.8 Å². The van der Waals surface area contributed by atoms with Gasteiger partial charge in [-0.2, -0.15) is 5.21 Å². The van der Waals surface area contributed by atoms with Gasteiger partial charge in [0.05, 0.1) is 5.56 Å². The average Bonchev–Trinajstić information content (AvgIpc) is 3.76. The molecule has 6 rings (SSSR count). The van der Waals surface area contributed by atoms with Crippen molar-refractivity contribution in [2.75, 3.05) is 25.0 Å². The van der Waals surface area contributed by atoms with E-state index < -0.39 is 41.5 Å². The fraction of sp³-hybridized carbons (Fsp3) is 0.429. The molecular weight excluding hydrogens is 762 g/mol. The molecule has 5 amide bonds. The number of carboxylic acid groups (broad SMARTS) is 1. The van der Waals surface area contributed by atoms with E-state index >= 15 is 4.39 Å². The lowest BCUT2D eigenvalue weighted by atomic mass is 9.81. The van der Waals surface area contributed by atoms with E-state index in [2.05, 4.69) is 41.9 Å². The largest absolute Gasteiger partial charge is 0.465 e. The van der Waals surface area contributed by atoms with E-state index in [4.69, 9.17) is 4.74 Å². The second-order valence-corrected chi connectivity index (χ2v) is 16.0. The Bertz CT molecular complexity index is 2090. The number of tetrazole rings is 1. The summed E-state index contributed by atoms with van der Waals surface area (Å²) in [6.07, 6.45) is 2.18. The lowest BCUT2D eigenvalue weighted by Gasteiger charge is -2.30. The predicted octanol–water partition coefficient (Wildman–Crippen LogP) is 5.54. The van der Waals surface area contributed by atoms with Crippen molar-refractivity contribution < 1.29 is 38.2 Å². The molecule has 1 atom stereocenters. The zero-order chi connectivity index (χ0) is 42.1. The number of rotatable bonds is 12. The molecule has 16 nitrogen and oxygen atoms in total. The van der Waals surface area contributed by atoms with Crippen LogP contribution in [-0.2, 0) is 20.7 Å². The summed E-state index contributed by atoms with van der Waals surface area (Å²) in [6, 6.07) is 17.2. The Hall–Kier alpha value is -6.39. The monoisotopic (exact) mass is 811 g/mol. The number of benzene rings is 3. The topological polar surface area (TPSA) is 221 Å². The molecule has 312 valence electrons. The maximum atomic E-state index is 15.9. The van der Waals surface area contributed by atoms with E-state index in [1.165, 1.54) is 11.0 Å². The van der Waals surface area contributed by atoms with Crippen molar-refractivity contribution in [3.8, 4) is 22.5 Å². The lowest BCUT2D eigenvalue weighted by Crippen LogP contribution is -2.48. The average molecular weight is 812 g/mol. The van der Waals surface area contributed by atoms with E-state index in [-0.39, 0.29) is 54.4 Å². The Labute approximate surface area is 341 Å². The van der Waals surface area contributed by atoms with Crippen LogP contribution in [0, 0.1) is 17.7 Å². The number of amides is 5. The highest BCUT2D eigenvalue weighted by Gasteiger charge is 2.31. The molecule has 1 aromatic heterocycles. The van der Waals surface area contributed by atoms with Crippen LogP contribution in [0.3, 0.4) is 0 Å². The number of piperidine rings is 1. The summed E-state index contributed by atoms with van der Waals surface area (Å²) in [7, 11) is 0. The lowest BCUT2D eigenvalue weighted by molar-refractivity contribution is -0.130. The highest BCUT2D eigenvalue weighted by molar-refractivity contribution is 5.98. The number of nitrogens with one attached hydrogen (secondary N) is 5. The van der Waals surface area contributed by atoms with Gasteiger partial charge in [-0.05, 0) is 112 Å². The molecule has 1 saturated carbocycles. The fourth-order valence-electron chi connectivity index (χ4n) is 7.35. The molecule has 1 aliphatic carbocycles. The molecular formula is C42H50FN9O7. The van der Waals surface area contributed by atoms with Crippen molar-refractivity contribution in [2.24, 2.45) is 11.8 Å². The maximum absolute atomic E-state index is 15.9. The summed E-state index contributed by atoms with van der Waals surface area (Å²) in [5.41, 5.74) is 1.92. The Morgan fingerprint density at radius 1 is 0.915 bits per heavy atom. The molecule has 0 bridgehead atoms. The van der Waals surface area contributed by atoms with Crippen LogP contribution in [-0.4, -0.2) is 97.9 Å². The van der Waals surface area contributed by atoms with Crippen LogP contribution < -0.4 is 21.3 Å². The third-order valence-corrected chi connectivity index (χ3v) is 10.6. The number of alkyl carbamates (subject to hydrolysis) is 1. The van der Waals surface area contributed by atoms with Gasteiger partial charge in [-0.15, -0.1) is 10.2 Å². The van der Waals surface area contributed by atoms with Crippen LogP contribution in [0.15, 0.2) is 66.7 Å². The standard InChI is InChI=1S/C42H50FN9O7/c1-42(2,3)59-40(56)44-24-26-9-13-29(14-10-26)37(53)47-34(39(55)46-30-17-15-28(16-18-30)36-48-50-51-49-36)23-25-7-11-27(12-8-25)32-5-4-6-33(35(32)43)38(54)45-31-19-21-52(22-20-31)41(57)58/h4-8,11-12,15-18,26,29,31,34H,9-10,13-14,19-24H2,1-3H3,(H,44,56)(H,45,54)(H,46,55)(H,47,53)(H,57,58)(H,48,49,50,51)/t26?,29?,34-/m0/s1. The number of ether oxygens (including phenoxy) is 1. The minimum Gasteiger partial charge on any atom is -0.465 e. The van der Waals surface area contributed by atoms with Crippen LogP contribution >= 0.6 is 0 Å². The number of hydrogen-bond donors (Lipinski definition) is 6. The minimum absolute atomic E-state index is 0.120. The fourth-order valence-corrected chi connectivity index (χ4v) is 7.35. The van der Waals surface area contributed by atoms with E-state index in [1.54, 1.807) is 81.4 Å². The van der Waals surface area contributed by atoms with Crippen molar-refractivity contribution in [1.29, 1.82) is 0 Å². The number of aromatic amines is 1. The van der Waals surface area contributed by atoms with E-state index in [9.17, 15) is 29.1 Å². The number of halogens is 1. The first kappa shape index (κ1) is 42.2. The Morgan fingerprint density at radius 3 is 2.22 bits per heavy atom. The number of aromatic nitrogens is 4. The molecule has 0 unspecified atom stereocenters. The molecule has 3 aromatic carbocycles. The van der Waals surface area contributed by atoms with Gasteiger partial charge < -0.3 is 36.0 Å². The summed E-state index contributed by atoms with van der Waals surface area (Å²) in [4.78, 5) is 65.3. The zero-order valence-electron chi connectivity index (χ0n) is 33.3. The Kier molecular flexibility index (Phi) is 13.5. The van der Waals surface area contributed by atoms with Gasteiger partial charge in [0.15, 0.2) is 0 Å². The molecule has 4 aromatic rings. The maximum Gasteiger partial charge on any atom is 0.407 e. The van der Waals surface area contributed by atoms with Gasteiger partial charge in [0.1, 0.15) is 17.5 Å². The van der Waals surface area contributed by atoms with Crippen molar-refractivity contribution in [3.05, 3.63) is 83.7 Å². The van der Waals surface area contributed by atoms with Crippen LogP contribution in [0.2, 0.25) is 0 Å². The third kappa shape index (κ3) is 11.6. The molecule has 59 heavy (non-hydrogen) atoms. The molecule has 2 heterocycles. The van der Waals surface area contributed by atoms with E-state index in [0.717, 1.165) is 12.8 Å². The summed E-state index contributed by atoms with van der Waals surface area (Å²) in [5.74, 6) is -1.65. The van der Waals surface area contributed by atoms with Crippen molar-refractivity contribution in [3.63, 3.8) is 0 Å². The van der Waals surface area contributed by atoms with Crippen LogP contribution in [0.4, 0.5) is 19.7 Å². The van der Waals surface area contributed by atoms with Gasteiger partial charge in [0.25, 0.3) is 5.91 Å². The molecule has 6 N–H and O–H groups in total. The first-order valence-corrected chi connectivity index (χ1v) is 19.8. The second kappa shape index (κ2) is 18.9. The number of nitrogens with zero attached hydrogens (tertiary/aromatic N) is 4. The first-order valence-electron chi connectivity index (χ1n) is 19.8. The van der Waals surface area contributed by atoms with E-state index in [1.807, 2.05) is 0 Å². The molecule has 0 radical (unpaired) electrons. The number of H-pyrrole nitrogens is 1. The van der Waals surface area contributed by atoms with Crippen LogP contribution in [0.1, 0.15) is 75.2 Å². The van der Waals surface area contributed by atoms with Crippen molar-refractivity contribution >= 4 is 35.6 Å². The summed E-state index contributed by atoms with van der Waals surface area (Å²) >= 11 is 0. The van der Waals surface area contributed by atoms with Crippen LogP contribution in [0.25, 0.3) is 22.5 Å². The third-order valence-electron chi connectivity index (χ3n) is 10.6. The zero-order valence-corrected chi connectivity index (χ0v) is 33.3. The predicted molar refractivity (Wildman–Crippen MR) is 215 cm³/mol. The van der Waals surface area contributed by atoms with E-state index in [0.29, 0.717) is 60.4 Å². The Balaban J connectivity index is 1.11. The van der Waals surface area contributed by atoms with Crippen molar-refractivity contribution in [1.82, 2.24) is 41.5 Å². The molecule has 17 heteroatoms. The minimum atomic E-state index is -1.01. The van der Waals surface area contributed by atoms with Crippen molar-refractivity contribution in [2.45, 2.75) is 83.4 Å². The summed E-state index contributed by atoms with van der Waals surface area (Å²) in [6.45, 7) is 6.43. The van der Waals surface area contributed by atoms with Gasteiger partial charge in [-0.25, -0.2) is 14.0 Å². The Morgan fingerprint density at radius 2 is 1.59 bits per heavy atom.